The van der Waals surface area contributed by atoms with Gasteiger partial charge in [-0.25, -0.2) is 0 Å². The Balaban J connectivity index is 2.09. The smallest absolute Gasteiger partial charge is 0.156 e. The lowest BCUT2D eigenvalue weighted by atomic mass is 10.1. The van der Waals surface area contributed by atoms with Crippen molar-refractivity contribution in [3.63, 3.8) is 0 Å². The molecule has 4 nitrogen and oxygen atoms in total. The SMILES string of the molecule is CN1Cc2c(n[nH]c2-c2ccccc2)N(C)C1. The van der Waals surface area contributed by atoms with Crippen molar-refractivity contribution in [1.82, 2.24) is 15.1 Å². The van der Waals surface area contributed by atoms with E-state index in [0.29, 0.717) is 0 Å². The number of nitrogens with zero attached hydrogens (tertiary/aromatic N) is 3. The van der Waals surface area contributed by atoms with Crippen LogP contribution in [-0.2, 0) is 6.54 Å². The third-order valence-electron chi connectivity index (χ3n) is 3.15. The minimum Gasteiger partial charge on any atom is -0.345 e. The van der Waals surface area contributed by atoms with Crippen molar-refractivity contribution in [3.8, 4) is 11.3 Å². The molecule has 0 unspecified atom stereocenters. The molecular weight excluding hydrogens is 212 g/mol. The van der Waals surface area contributed by atoms with Gasteiger partial charge in [-0.2, -0.15) is 5.10 Å². The summed E-state index contributed by atoms with van der Waals surface area (Å²) in [5.41, 5.74) is 3.62. The van der Waals surface area contributed by atoms with E-state index in [4.69, 9.17) is 0 Å². The fourth-order valence-corrected chi connectivity index (χ4v) is 2.41. The lowest BCUT2D eigenvalue weighted by Gasteiger charge is -2.30. The first kappa shape index (κ1) is 10.4. The van der Waals surface area contributed by atoms with E-state index in [9.17, 15) is 0 Å². The van der Waals surface area contributed by atoms with Crippen LogP contribution in [0.2, 0.25) is 0 Å². The highest BCUT2D eigenvalue weighted by atomic mass is 15.4. The minimum absolute atomic E-state index is 0.923. The highest BCUT2D eigenvalue weighted by Gasteiger charge is 2.23. The Bertz CT molecular complexity index is 517. The minimum atomic E-state index is 0.923. The van der Waals surface area contributed by atoms with Crippen LogP contribution in [0, 0.1) is 0 Å². The van der Waals surface area contributed by atoms with Crippen molar-refractivity contribution in [2.75, 3.05) is 25.7 Å². The van der Waals surface area contributed by atoms with Crippen LogP contribution < -0.4 is 4.90 Å². The summed E-state index contributed by atoms with van der Waals surface area (Å²) in [4.78, 5) is 4.45. The molecule has 1 aromatic heterocycles. The number of anilines is 1. The quantitative estimate of drug-likeness (QED) is 0.810. The first-order chi connectivity index (χ1) is 8.25. The Kier molecular flexibility index (Phi) is 2.37. The van der Waals surface area contributed by atoms with E-state index in [1.54, 1.807) is 0 Å². The number of H-pyrrole nitrogens is 1. The molecule has 1 N–H and O–H groups in total. The maximum absolute atomic E-state index is 4.42. The summed E-state index contributed by atoms with van der Waals surface area (Å²) < 4.78 is 0. The summed E-state index contributed by atoms with van der Waals surface area (Å²) in [5.74, 6) is 1.07. The van der Waals surface area contributed by atoms with Gasteiger partial charge in [0.25, 0.3) is 0 Å². The predicted octanol–water partition coefficient (Wildman–Crippen LogP) is 1.92. The standard InChI is InChI=1S/C13H16N4/c1-16-8-11-12(10-6-4-3-5-7-10)14-15-13(11)17(2)9-16/h3-7H,8-9H2,1-2H3,(H,14,15). The summed E-state index contributed by atoms with van der Waals surface area (Å²) in [7, 11) is 4.20. The molecule has 0 saturated heterocycles. The van der Waals surface area contributed by atoms with Crippen molar-refractivity contribution in [3.05, 3.63) is 35.9 Å². The number of hydrogen-bond acceptors (Lipinski definition) is 3. The molecule has 4 heteroatoms. The summed E-state index contributed by atoms with van der Waals surface area (Å²) in [6.07, 6.45) is 0. The highest BCUT2D eigenvalue weighted by Crippen LogP contribution is 2.31. The van der Waals surface area contributed by atoms with Crippen molar-refractivity contribution in [2.45, 2.75) is 6.54 Å². The fraction of sp³-hybridized carbons (Fsp3) is 0.308. The van der Waals surface area contributed by atoms with Crippen LogP contribution in [0.4, 0.5) is 5.82 Å². The molecule has 0 bridgehead atoms. The van der Waals surface area contributed by atoms with E-state index in [1.807, 2.05) is 6.07 Å². The molecule has 17 heavy (non-hydrogen) atoms. The normalized spacial score (nSPS) is 16.0. The average Bonchev–Trinajstić information content (AvgIpc) is 2.74. The number of nitrogens with one attached hydrogen (secondary N) is 1. The lowest BCUT2D eigenvalue weighted by Crippen LogP contribution is -2.37. The fourth-order valence-electron chi connectivity index (χ4n) is 2.41. The van der Waals surface area contributed by atoms with E-state index in [0.717, 1.165) is 24.7 Å². The largest absolute Gasteiger partial charge is 0.345 e. The second-order valence-electron chi connectivity index (χ2n) is 4.62. The third-order valence-corrected chi connectivity index (χ3v) is 3.15. The van der Waals surface area contributed by atoms with Gasteiger partial charge in [-0.05, 0) is 12.6 Å². The second-order valence-corrected chi connectivity index (χ2v) is 4.62. The van der Waals surface area contributed by atoms with Gasteiger partial charge in [-0.1, -0.05) is 30.3 Å². The zero-order valence-corrected chi connectivity index (χ0v) is 10.1. The van der Waals surface area contributed by atoms with Crippen molar-refractivity contribution in [2.24, 2.45) is 0 Å². The summed E-state index contributed by atoms with van der Waals surface area (Å²) in [5, 5.41) is 7.59. The third kappa shape index (κ3) is 1.70. The summed E-state index contributed by atoms with van der Waals surface area (Å²) in [6.45, 7) is 1.87. The van der Waals surface area contributed by atoms with Crippen LogP contribution in [0.3, 0.4) is 0 Å². The number of hydrogen-bond donors (Lipinski definition) is 1. The molecule has 0 saturated carbocycles. The second kappa shape index (κ2) is 3.89. The monoisotopic (exact) mass is 228 g/mol. The zero-order valence-electron chi connectivity index (χ0n) is 10.1. The Morgan fingerprint density at radius 2 is 1.94 bits per heavy atom. The Hall–Kier alpha value is -1.81. The number of fused-ring (bicyclic) bond motifs is 1. The van der Waals surface area contributed by atoms with Gasteiger partial charge in [0.2, 0.25) is 0 Å². The molecule has 2 aromatic rings. The van der Waals surface area contributed by atoms with Crippen molar-refractivity contribution in [1.29, 1.82) is 0 Å². The highest BCUT2D eigenvalue weighted by molar-refractivity contribution is 5.69. The van der Waals surface area contributed by atoms with Crippen LogP contribution in [0.15, 0.2) is 30.3 Å². The van der Waals surface area contributed by atoms with Crippen LogP contribution in [0.5, 0.6) is 0 Å². The van der Waals surface area contributed by atoms with E-state index >= 15 is 0 Å². The first-order valence-electron chi connectivity index (χ1n) is 5.78. The van der Waals surface area contributed by atoms with E-state index in [1.165, 1.54) is 11.1 Å². The Morgan fingerprint density at radius 1 is 1.18 bits per heavy atom. The number of benzene rings is 1. The molecule has 3 rings (SSSR count). The maximum Gasteiger partial charge on any atom is 0.156 e. The van der Waals surface area contributed by atoms with Gasteiger partial charge in [0.15, 0.2) is 5.82 Å². The van der Waals surface area contributed by atoms with E-state index in [-0.39, 0.29) is 0 Å². The first-order valence-corrected chi connectivity index (χ1v) is 5.78. The molecule has 0 amide bonds. The van der Waals surface area contributed by atoms with Crippen LogP contribution >= 0.6 is 0 Å². The van der Waals surface area contributed by atoms with Gasteiger partial charge >= 0.3 is 0 Å². The van der Waals surface area contributed by atoms with Gasteiger partial charge in [0.1, 0.15) is 0 Å². The van der Waals surface area contributed by atoms with Gasteiger partial charge in [0.05, 0.1) is 12.4 Å². The van der Waals surface area contributed by atoms with Crippen molar-refractivity contribution >= 4 is 5.82 Å². The van der Waals surface area contributed by atoms with Gasteiger partial charge in [0, 0.05) is 19.2 Å². The van der Waals surface area contributed by atoms with Gasteiger partial charge < -0.3 is 4.90 Å². The molecule has 0 radical (unpaired) electrons. The number of aromatic nitrogens is 2. The molecule has 0 spiro atoms. The molecule has 1 aromatic carbocycles. The molecule has 2 heterocycles. The molecule has 0 fully saturated rings. The number of rotatable bonds is 1. The molecule has 0 aliphatic carbocycles. The molecule has 0 atom stereocenters. The Labute approximate surface area is 101 Å². The molecule has 88 valence electrons. The summed E-state index contributed by atoms with van der Waals surface area (Å²) in [6, 6.07) is 10.4. The topological polar surface area (TPSA) is 35.2 Å². The average molecular weight is 228 g/mol. The van der Waals surface area contributed by atoms with Crippen molar-refractivity contribution < 1.29 is 0 Å². The molecular formula is C13H16N4. The lowest BCUT2D eigenvalue weighted by molar-refractivity contribution is 0.316. The Morgan fingerprint density at radius 3 is 2.71 bits per heavy atom. The maximum atomic E-state index is 4.42. The van der Waals surface area contributed by atoms with E-state index < -0.39 is 0 Å². The van der Waals surface area contributed by atoms with E-state index in [2.05, 4.69) is 58.4 Å². The van der Waals surface area contributed by atoms with Crippen LogP contribution in [-0.4, -0.2) is 35.9 Å². The van der Waals surface area contributed by atoms with Gasteiger partial charge in [-0.15, -0.1) is 0 Å². The van der Waals surface area contributed by atoms with Crippen LogP contribution in [0.1, 0.15) is 5.56 Å². The summed E-state index contributed by atoms with van der Waals surface area (Å²) >= 11 is 0. The zero-order chi connectivity index (χ0) is 11.8. The molecule has 1 aliphatic heterocycles. The number of aromatic amines is 1. The molecule has 1 aliphatic rings. The van der Waals surface area contributed by atoms with Gasteiger partial charge in [-0.3, -0.25) is 10.00 Å². The van der Waals surface area contributed by atoms with Crippen LogP contribution in [0.25, 0.3) is 11.3 Å². The predicted molar refractivity (Wildman–Crippen MR) is 68.8 cm³/mol.